The number of aromatic amines is 1. The molecule has 0 aliphatic carbocycles. The van der Waals surface area contributed by atoms with E-state index in [1.807, 2.05) is 11.9 Å². The van der Waals surface area contributed by atoms with Gasteiger partial charge in [0.1, 0.15) is 0 Å². The fourth-order valence-electron chi connectivity index (χ4n) is 1.30. The van der Waals surface area contributed by atoms with E-state index in [4.69, 9.17) is 0 Å². The molecule has 0 unspecified atom stereocenters. The zero-order valence-corrected chi connectivity index (χ0v) is 9.43. The van der Waals surface area contributed by atoms with Gasteiger partial charge in [0.25, 0.3) is 0 Å². The van der Waals surface area contributed by atoms with Crippen LogP contribution in [0.5, 0.6) is 0 Å². The highest BCUT2D eigenvalue weighted by Crippen LogP contribution is 1.98. The van der Waals surface area contributed by atoms with Crippen LogP contribution in [0.15, 0.2) is 15.8 Å². The molecule has 1 heterocycles. The summed E-state index contributed by atoms with van der Waals surface area (Å²) in [4.78, 5) is 34.0. The summed E-state index contributed by atoms with van der Waals surface area (Å²) in [6.07, 6.45) is 1.93. The molecule has 0 saturated carbocycles. The maximum atomic E-state index is 11.3. The standard InChI is InChI=1S/C9H14N4O4/c1-2-3-10-4-5-12-6-7(13(16)17)8(14)11-9(12)15/h6,10H,2-5H2,1H3,(H,11,14,15). The van der Waals surface area contributed by atoms with Gasteiger partial charge in [-0.25, -0.2) is 4.79 Å². The van der Waals surface area contributed by atoms with Gasteiger partial charge < -0.3 is 5.32 Å². The molecule has 1 rings (SSSR count). The Morgan fingerprint density at radius 2 is 2.18 bits per heavy atom. The summed E-state index contributed by atoms with van der Waals surface area (Å²) >= 11 is 0. The van der Waals surface area contributed by atoms with E-state index < -0.39 is 21.9 Å². The SMILES string of the molecule is CCCNCCn1cc([N+](=O)[O-])c(=O)[nH]c1=O. The number of H-pyrrole nitrogens is 1. The molecule has 0 saturated heterocycles. The average molecular weight is 242 g/mol. The molecule has 0 radical (unpaired) electrons. The van der Waals surface area contributed by atoms with Crippen molar-refractivity contribution in [2.45, 2.75) is 19.9 Å². The smallest absolute Gasteiger partial charge is 0.315 e. The second kappa shape index (κ2) is 5.94. The topological polar surface area (TPSA) is 110 Å². The van der Waals surface area contributed by atoms with Crippen molar-refractivity contribution in [1.82, 2.24) is 14.9 Å². The minimum atomic E-state index is -0.974. The Morgan fingerprint density at radius 3 is 2.76 bits per heavy atom. The summed E-state index contributed by atoms with van der Waals surface area (Å²) in [5.41, 5.74) is -2.24. The molecule has 94 valence electrons. The van der Waals surface area contributed by atoms with Gasteiger partial charge in [-0.2, -0.15) is 0 Å². The molecule has 0 aliphatic rings. The summed E-state index contributed by atoms with van der Waals surface area (Å²) in [5, 5.41) is 13.6. The first-order valence-corrected chi connectivity index (χ1v) is 5.25. The van der Waals surface area contributed by atoms with Crippen LogP contribution < -0.4 is 16.6 Å². The van der Waals surface area contributed by atoms with E-state index in [0.717, 1.165) is 23.7 Å². The zero-order chi connectivity index (χ0) is 12.8. The number of nitro groups is 1. The maximum absolute atomic E-state index is 11.3. The summed E-state index contributed by atoms with van der Waals surface area (Å²) in [6.45, 7) is 3.59. The third kappa shape index (κ3) is 3.52. The van der Waals surface area contributed by atoms with E-state index in [-0.39, 0.29) is 6.54 Å². The van der Waals surface area contributed by atoms with Crippen LogP contribution in [0.1, 0.15) is 13.3 Å². The molecule has 0 aliphatic heterocycles. The van der Waals surface area contributed by atoms with Gasteiger partial charge in [-0.15, -0.1) is 0 Å². The predicted molar refractivity (Wildman–Crippen MR) is 61.1 cm³/mol. The molecule has 0 atom stereocenters. The van der Waals surface area contributed by atoms with Crippen molar-refractivity contribution in [2.24, 2.45) is 0 Å². The van der Waals surface area contributed by atoms with E-state index in [1.165, 1.54) is 0 Å². The van der Waals surface area contributed by atoms with Crippen LogP contribution in [0.2, 0.25) is 0 Å². The van der Waals surface area contributed by atoms with Crippen LogP contribution in [-0.4, -0.2) is 27.6 Å². The van der Waals surface area contributed by atoms with Crippen molar-refractivity contribution in [3.05, 3.63) is 37.1 Å². The zero-order valence-electron chi connectivity index (χ0n) is 9.43. The third-order valence-electron chi connectivity index (χ3n) is 2.15. The van der Waals surface area contributed by atoms with Gasteiger partial charge in [0.2, 0.25) is 0 Å². The number of rotatable bonds is 6. The maximum Gasteiger partial charge on any atom is 0.350 e. The molecule has 0 spiro atoms. The molecule has 8 nitrogen and oxygen atoms in total. The largest absolute Gasteiger partial charge is 0.350 e. The molecule has 17 heavy (non-hydrogen) atoms. The molecule has 0 bridgehead atoms. The molecule has 1 aromatic rings. The van der Waals surface area contributed by atoms with E-state index in [9.17, 15) is 19.7 Å². The van der Waals surface area contributed by atoms with Gasteiger partial charge in [0, 0.05) is 13.1 Å². The summed E-state index contributed by atoms with van der Waals surface area (Å²) in [7, 11) is 0. The van der Waals surface area contributed by atoms with E-state index >= 15 is 0 Å². The van der Waals surface area contributed by atoms with Crippen LogP contribution in [0.25, 0.3) is 0 Å². The Morgan fingerprint density at radius 1 is 1.47 bits per heavy atom. The van der Waals surface area contributed by atoms with Gasteiger partial charge in [-0.3, -0.25) is 24.5 Å². The van der Waals surface area contributed by atoms with Crippen LogP contribution >= 0.6 is 0 Å². The van der Waals surface area contributed by atoms with Crippen LogP contribution in [0, 0.1) is 10.1 Å². The summed E-state index contributed by atoms with van der Waals surface area (Å²) < 4.78 is 1.11. The Hall–Kier alpha value is -1.96. The summed E-state index contributed by atoms with van der Waals surface area (Å²) in [6, 6.07) is 0. The van der Waals surface area contributed by atoms with Crippen molar-refractivity contribution in [3.63, 3.8) is 0 Å². The lowest BCUT2D eigenvalue weighted by Gasteiger charge is -2.05. The highest BCUT2D eigenvalue weighted by Gasteiger charge is 2.14. The lowest BCUT2D eigenvalue weighted by atomic mass is 10.4. The van der Waals surface area contributed by atoms with E-state index in [1.54, 1.807) is 0 Å². The molecular weight excluding hydrogens is 228 g/mol. The molecule has 0 amide bonds. The Balaban J connectivity index is 2.85. The lowest BCUT2D eigenvalue weighted by Crippen LogP contribution is -2.33. The van der Waals surface area contributed by atoms with Crippen molar-refractivity contribution in [1.29, 1.82) is 0 Å². The second-order valence-electron chi connectivity index (χ2n) is 3.47. The van der Waals surface area contributed by atoms with Crippen LogP contribution in [0.3, 0.4) is 0 Å². The first-order chi connectivity index (χ1) is 8.06. The molecule has 2 N–H and O–H groups in total. The fraction of sp³-hybridized carbons (Fsp3) is 0.556. The van der Waals surface area contributed by atoms with Crippen LogP contribution in [0.4, 0.5) is 5.69 Å². The van der Waals surface area contributed by atoms with Crippen molar-refractivity contribution < 1.29 is 4.92 Å². The molecule has 0 fully saturated rings. The van der Waals surface area contributed by atoms with Crippen molar-refractivity contribution in [2.75, 3.05) is 13.1 Å². The number of hydrogen-bond acceptors (Lipinski definition) is 5. The van der Waals surface area contributed by atoms with Gasteiger partial charge in [0.05, 0.1) is 11.1 Å². The van der Waals surface area contributed by atoms with Gasteiger partial charge in [-0.1, -0.05) is 6.92 Å². The number of nitrogens with one attached hydrogen (secondary N) is 2. The highest BCUT2D eigenvalue weighted by molar-refractivity contribution is 5.20. The molecular formula is C9H14N4O4. The number of hydrogen-bond donors (Lipinski definition) is 2. The third-order valence-corrected chi connectivity index (χ3v) is 2.15. The monoisotopic (exact) mass is 242 g/mol. The summed E-state index contributed by atoms with van der Waals surface area (Å²) in [5.74, 6) is 0. The van der Waals surface area contributed by atoms with Crippen molar-refractivity contribution >= 4 is 5.69 Å². The molecule has 0 aromatic carbocycles. The quantitative estimate of drug-likeness (QED) is 0.395. The Bertz CT molecular complexity index is 504. The van der Waals surface area contributed by atoms with Gasteiger partial charge in [0.15, 0.2) is 0 Å². The minimum absolute atomic E-state index is 0.274. The van der Waals surface area contributed by atoms with E-state index in [0.29, 0.717) is 6.54 Å². The number of aromatic nitrogens is 2. The highest BCUT2D eigenvalue weighted by atomic mass is 16.6. The first-order valence-electron chi connectivity index (χ1n) is 5.25. The minimum Gasteiger partial charge on any atom is -0.315 e. The normalized spacial score (nSPS) is 10.4. The predicted octanol–water partition coefficient (Wildman–Crippen LogP) is -0.556. The Kier molecular flexibility index (Phi) is 4.58. The van der Waals surface area contributed by atoms with Gasteiger partial charge in [-0.05, 0) is 13.0 Å². The average Bonchev–Trinajstić information content (AvgIpc) is 2.26. The van der Waals surface area contributed by atoms with E-state index in [2.05, 4.69) is 5.32 Å². The second-order valence-corrected chi connectivity index (χ2v) is 3.47. The molecule has 1 aromatic heterocycles. The Labute approximate surface area is 96.4 Å². The number of nitrogens with zero attached hydrogens (tertiary/aromatic N) is 2. The lowest BCUT2D eigenvalue weighted by molar-refractivity contribution is -0.386. The molecule has 8 heteroatoms. The fourth-order valence-corrected chi connectivity index (χ4v) is 1.30. The van der Waals surface area contributed by atoms with Crippen molar-refractivity contribution in [3.8, 4) is 0 Å². The van der Waals surface area contributed by atoms with Crippen LogP contribution in [-0.2, 0) is 6.54 Å². The van der Waals surface area contributed by atoms with Gasteiger partial charge >= 0.3 is 16.9 Å². The first kappa shape index (κ1) is 13.1.